The molecule has 0 aromatic heterocycles. The molecule has 2 heterocycles. The Labute approximate surface area is 264 Å². The van der Waals surface area contributed by atoms with Gasteiger partial charge in [-0.15, -0.1) is 0 Å². The Hall–Kier alpha value is -3.35. The van der Waals surface area contributed by atoms with E-state index in [2.05, 4.69) is 4.74 Å². The number of aliphatic hydroxyl groups is 1. The molecule has 46 heavy (non-hydrogen) atoms. The molecule has 0 aliphatic carbocycles. The van der Waals surface area contributed by atoms with Gasteiger partial charge >= 0.3 is 42.4 Å². The number of carbonyl (C=O) groups excluding carboxylic acids is 5. The van der Waals surface area contributed by atoms with E-state index >= 15 is 0 Å². The molecule has 0 saturated carbocycles. The first-order chi connectivity index (χ1) is 20.8. The number of ether oxygens (including phenoxy) is 3. The summed E-state index contributed by atoms with van der Waals surface area (Å²) in [6.45, 7) is 13.0. The fourth-order valence-corrected chi connectivity index (χ4v) is 3.75. The SMILES string of the molecule is CC(=O)OC(=O)C(F)(F)F.CC(C)(C)OC(=O)N1CCC[C@H]1CN.CC(C)(C)OC(=O)N1CCC[C@H]1CNC(=O)C(F)(F)F.CO. The second kappa shape index (κ2) is 19.3. The fourth-order valence-electron chi connectivity index (χ4n) is 3.75. The zero-order valence-electron chi connectivity index (χ0n) is 27.3. The predicted molar refractivity (Wildman–Crippen MR) is 151 cm³/mol. The maximum absolute atomic E-state index is 12.1. The lowest BCUT2D eigenvalue weighted by Crippen LogP contribution is -2.47. The lowest BCUT2D eigenvalue weighted by molar-refractivity contribution is -0.201. The van der Waals surface area contributed by atoms with Gasteiger partial charge in [-0.2, -0.15) is 26.3 Å². The van der Waals surface area contributed by atoms with Crippen LogP contribution in [0.2, 0.25) is 0 Å². The molecule has 2 saturated heterocycles. The van der Waals surface area contributed by atoms with Gasteiger partial charge in [-0.05, 0) is 67.2 Å². The summed E-state index contributed by atoms with van der Waals surface area (Å²) in [7, 11) is 1.00. The zero-order valence-corrected chi connectivity index (χ0v) is 27.3. The molecule has 2 fully saturated rings. The summed E-state index contributed by atoms with van der Waals surface area (Å²) in [5, 5.41) is 8.80. The van der Waals surface area contributed by atoms with Crippen LogP contribution in [0.4, 0.5) is 35.9 Å². The van der Waals surface area contributed by atoms with E-state index in [0.717, 1.165) is 26.5 Å². The summed E-state index contributed by atoms with van der Waals surface area (Å²) in [6, 6.07) is -0.291. The lowest BCUT2D eigenvalue weighted by Gasteiger charge is -2.28. The molecule has 2 aliphatic heterocycles. The van der Waals surface area contributed by atoms with Gasteiger partial charge in [0.2, 0.25) is 0 Å². The molecule has 3 amide bonds. The Morgan fingerprint density at radius 3 is 1.46 bits per heavy atom. The summed E-state index contributed by atoms with van der Waals surface area (Å²) in [6.07, 6.45) is -7.56. The van der Waals surface area contributed by atoms with Crippen molar-refractivity contribution in [3.05, 3.63) is 0 Å². The number of rotatable bonds is 3. The predicted octanol–water partition coefficient (Wildman–Crippen LogP) is 3.66. The number of likely N-dealkylation sites (tertiary alicyclic amines) is 2. The third-order valence-electron chi connectivity index (χ3n) is 5.51. The number of nitrogens with zero attached hydrogens (tertiary/aromatic N) is 2. The molecule has 0 radical (unpaired) electrons. The van der Waals surface area contributed by atoms with Crippen molar-refractivity contribution in [2.75, 3.05) is 33.3 Å². The molecule has 0 aromatic carbocycles. The number of aliphatic hydroxyl groups excluding tert-OH is 1. The van der Waals surface area contributed by atoms with Crippen LogP contribution in [0.25, 0.3) is 0 Å². The number of hydrogen-bond acceptors (Lipinski definition) is 10. The first-order valence-electron chi connectivity index (χ1n) is 14.1. The van der Waals surface area contributed by atoms with Crippen LogP contribution in [0.1, 0.15) is 74.1 Å². The lowest BCUT2D eigenvalue weighted by atomic mass is 10.2. The van der Waals surface area contributed by atoms with Crippen LogP contribution in [0.5, 0.6) is 0 Å². The smallest absolute Gasteiger partial charge is 0.444 e. The average molecular weight is 685 g/mol. The van der Waals surface area contributed by atoms with Crippen LogP contribution in [0, 0.1) is 0 Å². The zero-order chi connectivity index (χ0) is 36.7. The van der Waals surface area contributed by atoms with Crippen molar-refractivity contribution in [1.82, 2.24) is 15.1 Å². The number of alkyl halides is 6. The molecule has 13 nitrogen and oxygen atoms in total. The summed E-state index contributed by atoms with van der Waals surface area (Å²) in [5.74, 6) is -5.75. The van der Waals surface area contributed by atoms with Gasteiger partial charge in [-0.1, -0.05) is 0 Å². The highest BCUT2D eigenvalue weighted by molar-refractivity contribution is 5.87. The standard InChI is InChI=1S/C12H19F3N2O3.C10H20N2O2.C4H3F3O3.CH4O/c1-11(2,3)20-10(19)17-6-4-5-8(17)7-16-9(18)12(13,14)15;1-10(2,3)14-9(13)12-6-4-5-8(12)7-11;1-2(8)10-3(9)4(5,6)7;1-2/h8H,4-7H2,1-3H3,(H,16,18);8H,4-7,11H2,1-3H3;1H3;2H,1H3/t2*8-;;/m00../s1. The molecule has 19 heteroatoms. The summed E-state index contributed by atoms with van der Waals surface area (Å²) in [5.41, 5.74) is 4.49. The monoisotopic (exact) mass is 684 g/mol. The number of hydrogen-bond donors (Lipinski definition) is 3. The molecular formula is C27H46F6N4O9. The van der Waals surface area contributed by atoms with Gasteiger partial charge in [0.1, 0.15) is 11.2 Å². The van der Waals surface area contributed by atoms with E-state index in [1.54, 1.807) is 31.0 Å². The van der Waals surface area contributed by atoms with E-state index in [-0.39, 0.29) is 18.7 Å². The van der Waals surface area contributed by atoms with Crippen molar-refractivity contribution >= 4 is 30.0 Å². The first-order valence-corrected chi connectivity index (χ1v) is 14.1. The Kier molecular flexibility index (Phi) is 18.8. The molecule has 0 aromatic rings. The average Bonchev–Trinajstić information content (AvgIpc) is 3.55. The minimum absolute atomic E-state index is 0.171. The van der Waals surface area contributed by atoms with Crippen molar-refractivity contribution in [1.29, 1.82) is 0 Å². The van der Waals surface area contributed by atoms with Crippen molar-refractivity contribution in [3.8, 4) is 0 Å². The third-order valence-corrected chi connectivity index (χ3v) is 5.51. The molecule has 0 spiro atoms. The summed E-state index contributed by atoms with van der Waals surface area (Å²) < 4.78 is 83.5. The van der Waals surface area contributed by atoms with Gasteiger partial charge in [-0.25, -0.2) is 14.4 Å². The largest absolute Gasteiger partial charge is 0.491 e. The van der Waals surface area contributed by atoms with Crippen molar-refractivity contribution in [2.24, 2.45) is 5.73 Å². The Bertz CT molecular complexity index is 996. The molecule has 0 bridgehead atoms. The minimum Gasteiger partial charge on any atom is -0.444 e. The first kappa shape index (κ1) is 44.8. The number of nitrogens with one attached hydrogen (secondary N) is 1. The van der Waals surface area contributed by atoms with Gasteiger partial charge in [-0.3, -0.25) is 9.59 Å². The van der Waals surface area contributed by atoms with E-state index in [1.165, 1.54) is 4.90 Å². The van der Waals surface area contributed by atoms with Gasteiger partial charge < -0.3 is 40.2 Å². The van der Waals surface area contributed by atoms with Gasteiger partial charge in [0.05, 0.1) is 6.04 Å². The minimum atomic E-state index is -5.09. The fraction of sp³-hybridized carbons (Fsp3) is 0.815. The normalized spacial score (nSPS) is 18.0. The van der Waals surface area contributed by atoms with Crippen LogP contribution < -0.4 is 11.1 Å². The molecule has 4 N–H and O–H groups in total. The highest BCUT2D eigenvalue weighted by Crippen LogP contribution is 2.22. The topological polar surface area (TPSA) is 178 Å². The highest BCUT2D eigenvalue weighted by atomic mass is 19.4. The second-order valence-electron chi connectivity index (χ2n) is 11.8. The van der Waals surface area contributed by atoms with Crippen molar-refractivity contribution in [3.63, 3.8) is 0 Å². The van der Waals surface area contributed by atoms with Crippen molar-refractivity contribution in [2.45, 2.75) is 110 Å². The van der Waals surface area contributed by atoms with Crippen LogP contribution in [-0.2, 0) is 28.6 Å². The van der Waals surface area contributed by atoms with Gasteiger partial charge in [0.15, 0.2) is 0 Å². The second-order valence-corrected chi connectivity index (χ2v) is 11.8. The summed E-state index contributed by atoms with van der Waals surface area (Å²) >= 11 is 0. The maximum atomic E-state index is 12.1. The van der Waals surface area contributed by atoms with E-state index in [1.807, 2.05) is 20.8 Å². The molecule has 2 rings (SSSR count). The Morgan fingerprint density at radius 2 is 1.15 bits per heavy atom. The molecule has 2 atom stereocenters. The highest BCUT2D eigenvalue weighted by Gasteiger charge is 2.42. The third kappa shape index (κ3) is 19.2. The number of halogens is 6. The van der Waals surface area contributed by atoms with E-state index < -0.39 is 53.5 Å². The van der Waals surface area contributed by atoms with E-state index in [9.17, 15) is 50.3 Å². The quantitative estimate of drug-likeness (QED) is 0.172. The number of carbonyl (C=O) groups is 5. The van der Waals surface area contributed by atoms with Gasteiger partial charge in [0, 0.05) is 46.3 Å². The number of esters is 2. The van der Waals surface area contributed by atoms with Gasteiger partial charge in [0.25, 0.3) is 0 Å². The van der Waals surface area contributed by atoms with E-state index in [0.29, 0.717) is 32.9 Å². The molecule has 0 unspecified atom stereocenters. The van der Waals surface area contributed by atoms with Crippen LogP contribution in [0.3, 0.4) is 0 Å². The van der Waals surface area contributed by atoms with Crippen molar-refractivity contribution < 1.29 is 69.6 Å². The Balaban J connectivity index is 0. The van der Waals surface area contributed by atoms with Crippen LogP contribution in [0.15, 0.2) is 0 Å². The van der Waals surface area contributed by atoms with Crippen LogP contribution in [-0.4, -0.2) is 114 Å². The van der Waals surface area contributed by atoms with Crippen LogP contribution >= 0.6 is 0 Å². The number of amides is 3. The molecule has 2 aliphatic rings. The molecular weight excluding hydrogens is 638 g/mol. The molecule has 270 valence electrons. The maximum Gasteiger partial charge on any atom is 0.491 e. The summed E-state index contributed by atoms with van der Waals surface area (Å²) in [4.78, 5) is 56.9. The van der Waals surface area contributed by atoms with E-state index in [4.69, 9.17) is 20.3 Å². The Morgan fingerprint density at radius 1 is 0.761 bits per heavy atom. The number of nitrogens with two attached hydrogens (primary N) is 1.